The highest BCUT2D eigenvalue weighted by Gasteiger charge is 2.25. The average Bonchev–Trinajstić information content (AvgIpc) is 2.83. The number of hydrogen-bond donors (Lipinski definition) is 3. The minimum absolute atomic E-state index is 0.144. The standard InChI is InChI=1S/C13H16ClN3O2/c14-10-5-3-9(4-6-10)2-1-7-15-12(18)11-8-16-13(19)17-11/h3-6,11H,1-2,7-8H2,(H,15,18)(H2,16,17,19)/t11-/m1/s1. The molecular weight excluding hydrogens is 266 g/mol. The molecule has 0 spiro atoms. The number of carbonyl (C=O) groups excluding carboxylic acids is 2. The molecule has 0 radical (unpaired) electrons. The maximum absolute atomic E-state index is 11.7. The zero-order valence-corrected chi connectivity index (χ0v) is 11.2. The van der Waals surface area contributed by atoms with E-state index in [0.717, 1.165) is 17.9 Å². The number of halogens is 1. The Morgan fingerprint density at radius 3 is 2.74 bits per heavy atom. The molecule has 3 amide bonds. The highest BCUT2D eigenvalue weighted by molar-refractivity contribution is 6.30. The maximum Gasteiger partial charge on any atom is 0.315 e. The van der Waals surface area contributed by atoms with Crippen molar-refractivity contribution in [1.29, 1.82) is 0 Å². The predicted molar refractivity (Wildman–Crippen MR) is 73.1 cm³/mol. The number of carbonyl (C=O) groups is 2. The molecule has 1 aromatic rings. The summed E-state index contributed by atoms with van der Waals surface area (Å²) in [5.41, 5.74) is 1.19. The summed E-state index contributed by atoms with van der Waals surface area (Å²) >= 11 is 5.80. The highest BCUT2D eigenvalue weighted by atomic mass is 35.5. The minimum atomic E-state index is -0.456. The number of nitrogens with one attached hydrogen (secondary N) is 3. The average molecular weight is 282 g/mol. The minimum Gasteiger partial charge on any atom is -0.354 e. The Bertz CT molecular complexity index is 461. The largest absolute Gasteiger partial charge is 0.354 e. The first-order valence-corrected chi connectivity index (χ1v) is 6.59. The van der Waals surface area contributed by atoms with Crippen LogP contribution in [0.5, 0.6) is 0 Å². The normalized spacial score (nSPS) is 17.7. The molecule has 1 aliphatic rings. The monoisotopic (exact) mass is 281 g/mol. The van der Waals surface area contributed by atoms with E-state index in [-0.39, 0.29) is 11.9 Å². The first-order valence-electron chi connectivity index (χ1n) is 6.21. The molecule has 0 aromatic heterocycles. The quantitative estimate of drug-likeness (QED) is 0.707. The van der Waals surface area contributed by atoms with Gasteiger partial charge >= 0.3 is 6.03 Å². The van der Waals surface area contributed by atoms with Crippen molar-refractivity contribution < 1.29 is 9.59 Å². The molecule has 1 atom stereocenters. The fourth-order valence-corrected chi connectivity index (χ4v) is 2.02. The number of benzene rings is 1. The van der Waals surface area contributed by atoms with E-state index < -0.39 is 6.04 Å². The Balaban J connectivity index is 1.65. The molecule has 6 heteroatoms. The smallest absolute Gasteiger partial charge is 0.315 e. The lowest BCUT2D eigenvalue weighted by Crippen LogP contribution is -2.43. The number of amides is 3. The van der Waals surface area contributed by atoms with Gasteiger partial charge in [-0.25, -0.2) is 4.79 Å². The van der Waals surface area contributed by atoms with Crippen LogP contribution in [-0.4, -0.2) is 31.1 Å². The van der Waals surface area contributed by atoms with Crippen molar-refractivity contribution in [2.75, 3.05) is 13.1 Å². The molecule has 1 aliphatic heterocycles. The third-order valence-corrected chi connectivity index (χ3v) is 3.20. The van der Waals surface area contributed by atoms with Crippen LogP contribution in [-0.2, 0) is 11.2 Å². The van der Waals surface area contributed by atoms with Gasteiger partial charge in [-0.05, 0) is 30.5 Å². The van der Waals surface area contributed by atoms with Crippen molar-refractivity contribution in [1.82, 2.24) is 16.0 Å². The first kappa shape index (κ1) is 13.7. The zero-order valence-electron chi connectivity index (χ0n) is 10.4. The number of hydrogen-bond acceptors (Lipinski definition) is 2. The molecular formula is C13H16ClN3O2. The molecule has 1 aromatic carbocycles. The summed E-state index contributed by atoms with van der Waals surface area (Å²) in [6.45, 7) is 0.940. The molecule has 0 unspecified atom stereocenters. The Hall–Kier alpha value is -1.75. The zero-order chi connectivity index (χ0) is 13.7. The first-order chi connectivity index (χ1) is 9.15. The van der Waals surface area contributed by atoms with E-state index in [0.29, 0.717) is 13.1 Å². The summed E-state index contributed by atoms with van der Waals surface area (Å²) in [7, 11) is 0. The van der Waals surface area contributed by atoms with Gasteiger partial charge in [-0.3, -0.25) is 4.79 Å². The fourth-order valence-electron chi connectivity index (χ4n) is 1.89. The van der Waals surface area contributed by atoms with E-state index in [2.05, 4.69) is 16.0 Å². The molecule has 1 fully saturated rings. The molecule has 1 heterocycles. The van der Waals surface area contributed by atoms with Crippen molar-refractivity contribution in [3.05, 3.63) is 34.9 Å². The second-order valence-electron chi connectivity index (χ2n) is 4.43. The van der Waals surface area contributed by atoms with Gasteiger partial charge in [-0.2, -0.15) is 0 Å². The Kier molecular flexibility index (Phi) is 4.63. The molecule has 5 nitrogen and oxygen atoms in total. The summed E-state index contributed by atoms with van der Waals surface area (Å²) in [6.07, 6.45) is 1.73. The van der Waals surface area contributed by atoms with Crippen LogP contribution in [0.15, 0.2) is 24.3 Å². The molecule has 0 aliphatic carbocycles. The summed E-state index contributed by atoms with van der Waals surface area (Å²) in [6, 6.07) is 6.92. The molecule has 1 saturated heterocycles. The van der Waals surface area contributed by atoms with Crippen LogP contribution >= 0.6 is 11.6 Å². The Morgan fingerprint density at radius 2 is 2.11 bits per heavy atom. The van der Waals surface area contributed by atoms with Gasteiger partial charge in [0.25, 0.3) is 0 Å². The van der Waals surface area contributed by atoms with Crippen LogP contribution in [0.25, 0.3) is 0 Å². The van der Waals surface area contributed by atoms with Crippen LogP contribution in [0.1, 0.15) is 12.0 Å². The summed E-state index contributed by atoms with van der Waals surface area (Å²) in [4.78, 5) is 22.6. The van der Waals surface area contributed by atoms with Crippen LogP contribution in [0.4, 0.5) is 4.79 Å². The lowest BCUT2D eigenvalue weighted by atomic mass is 10.1. The second kappa shape index (κ2) is 6.43. The van der Waals surface area contributed by atoms with E-state index in [9.17, 15) is 9.59 Å². The number of rotatable bonds is 5. The van der Waals surface area contributed by atoms with Gasteiger partial charge in [0.2, 0.25) is 5.91 Å². The predicted octanol–water partition coefficient (Wildman–Crippen LogP) is 1.07. The van der Waals surface area contributed by atoms with Crippen LogP contribution in [0.3, 0.4) is 0 Å². The third-order valence-electron chi connectivity index (χ3n) is 2.94. The summed E-state index contributed by atoms with van der Waals surface area (Å²) in [5.74, 6) is -0.144. The van der Waals surface area contributed by atoms with Crippen molar-refractivity contribution in [3.8, 4) is 0 Å². The number of urea groups is 1. The lowest BCUT2D eigenvalue weighted by Gasteiger charge is -2.09. The van der Waals surface area contributed by atoms with Gasteiger partial charge in [0.05, 0.1) is 0 Å². The van der Waals surface area contributed by atoms with Gasteiger partial charge in [0, 0.05) is 18.1 Å². The summed E-state index contributed by atoms with van der Waals surface area (Å²) < 4.78 is 0. The van der Waals surface area contributed by atoms with Gasteiger partial charge in [-0.15, -0.1) is 0 Å². The van der Waals surface area contributed by atoms with Crippen molar-refractivity contribution in [2.24, 2.45) is 0 Å². The fraction of sp³-hybridized carbons (Fsp3) is 0.385. The van der Waals surface area contributed by atoms with E-state index in [1.807, 2.05) is 24.3 Å². The molecule has 0 bridgehead atoms. The number of aryl methyl sites for hydroxylation is 1. The molecule has 102 valence electrons. The van der Waals surface area contributed by atoms with Gasteiger partial charge < -0.3 is 16.0 Å². The van der Waals surface area contributed by atoms with Crippen LogP contribution in [0, 0.1) is 0 Å². The van der Waals surface area contributed by atoms with E-state index >= 15 is 0 Å². The molecule has 19 heavy (non-hydrogen) atoms. The highest BCUT2D eigenvalue weighted by Crippen LogP contribution is 2.10. The van der Waals surface area contributed by atoms with Crippen molar-refractivity contribution in [2.45, 2.75) is 18.9 Å². The van der Waals surface area contributed by atoms with E-state index in [1.165, 1.54) is 5.56 Å². The Morgan fingerprint density at radius 1 is 1.37 bits per heavy atom. The maximum atomic E-state index is 11.7. The van der Waals surface area contributed by atoms with Gasteiger partial charge in [0.1, 0.15) is 6.04 Å². The summed E-state index contributed by atoms with van der Waals surface area (Å²) in [5, 5.41) is 8.62. The van der Waals surface area contributed by atoms with Crippen molar-refractivity contribution in [3.63, 3.8) is 0 Å². The second-order valence-corrected chi connectivity index (χ2v) is 4.86. The van der Waals surface area contributed by atoms with Gasteiger partial charge in [-0.1, -0.05) is 23.7 Å². The van der Waals surface area contributed by atoms with Crippen molar-refractivity contribution >= 4 is 23.5 Å². The molecule has 2 rings (SSSR count). The van der Waals surface area contributed by atoms with Crippen LogP contribution in [0.2, 0.25) is 5.02 Å². The molecule has 0 saturated carbocycles. The molecule has 3 N–H and O–H groups in total. The lowest BCUT2D eigenvalue weighted by molar-refractivity contribution is -0.122. The van der Waals surface area contributed by atoms with E-state index in [4.69, 9.17) is 11.6 Å². The van der Waals surface area contributed by atoms with Crippen LogP contribution < -0.4 is 16.0 Å². The van der Waals surface area contributed by atoms with E-state index in [1.54, 1.807) is 0 Å². The SMILES string of the molecule is O=C1NC[C@H](C(=O)NCCCc2ccc(Cl)cc2)N1. The topological polar surface area (TPSA) is 70.2 Å². The third kappa shape index (κ3) is 4.13. The van der Waals surface area contributed by atoms with Gasteiger partial charge in [0.15, 0.2) is 0 Å². The Labute approximate surface area is 116 Å².